The van der Waals surface area contributed by atoms with Crippen molar-refractivity contribution in [3.05, 3.63) is 71.4 Å². The molecule has 0 unspecified atom stereocenters. The van der Waals surface area contributed by atoms with Gasteiger partial charge in [0, 0.05) is 37.3 Å². The lowest BCUT2D eigenvalue weighted by atomic mass is 10.2. The summed E-state index contributed by atoms with van der Waals surface area (Å²) in [5, 5.41) is 18.0. The highest BCUT2D eigenvalue weighted by Gasteiger charge is 2.21. The first-order valence-electron chi connectivity index (χ1n) is 9.90. The van der Waals surface area contributed by atoms with E-state index < -0.39 is 0 Å². The molecule has 30 heavy (non-hydrogen) atoms. The Morgan fingerprint density at radius 2 is 1.77 bits per heavy atom. The quantitative estimate of drug-likeness (QED) is 0.635. The van der Waals surface area contributed by atoms with E-state index in [0.29, 0.717) is 23.9 Å². The van der Waals surface area contributed by atoms with Crippen molar-refractivity contribution in [2.75, 3.05) is 42.9 Å². The summed E-state index contributed by atoms with van der Waals surface area (Å²) in [6.45, 7) is 3.82. The van der Waals surface area contributed by atoms with Crippen molar-refractivity contribution in [1.82, 2.24) is 14.7 Å². The van der Waals surface area contributed by atoms with Crippen LogP contribution in [0.1, 0.15) is 5.56 Å². The number of phenols is 1. The first kappa shape index (κ1) is 20.3. The van der Waals surface area contributed by atoms with Crippen molar-refractivity contribution in [2.24, 2.45) is 0 Å². The molecule has 3 aromatic rings. The Balaban J connectivity index is 1.31. The lowest BCUT2D eigenvalue weighted by Crippen LogP contribution is -2.48. The molecule has 0 atom stereocenters. The van der Waals surface area contributed by atoms with Crippen LogP contribution >= 0.6 is 11.6 Å². The van der Waals surface area contributed by atoms with Gasteiger partial charge in [-0.25, -0.2) is 4.68 Å². The fraction of sp³-hybridized carbons (Fsp3) is 0.273. The molecule has 156 valence electrons. The second kappa shape index (κ2) is 9.19. The predicted molar refractivity (Wildman–Crippen MR) is 118 cm³/mol. The second-order valence-electron chi connectivity index (χ2n) is 7.27. The van der Waals surface area contributed by atoms with Gasteiger partial charge < -0.3 is 15.3 Å². The molecule has 1 saturated heterocycles. The maximum Gasteiger partial charge on any atom is 0.239 e. The second-order valence-corrected chi connectivity index (χ2v) is 7.67. The van der Waals surface area contributed by atoms with Gasteiger partial charge in [-0.15, -0.1) is 0 Å². The molecule has 1 fully saturated rings. The third kappa shape index (κ3) is 4.75. The molecule has 4 rings (SSSR count). The minimum Gasteiger partial charge on any atom is -0.506 e. The van der Waals surface area contributed by atoms with Crippen LogP contribution < -0.4 is 10.2 Å². The van der Waals surface area contributed by atoms with Crippen LogP contribution in [0.5, 0.6) is 5.75 Å². The zero-order valence-corrected chi connectivity index (χ0v) is 17.3. The number of aromatic hydroxyl groups is 1. The minimum absolute atomic E-state index is 0.0769. The number of nitrogens with one attached hydrogen (secondary N) is 1. The summed E-state index contributed by atoms with van der Waals surface area (Å²) in [7, 11) is 0. The number of hydrogen-bond acceptors (Lipinski definition) is 5. The molecule has 0 aliphatic carbocycles. The standard InChI is InChI=1S/C22H24ClN5O2/c23-18-6-2-1-5-17(18)15-28-21(9-10-24-28)25-22(30)16-26-11-13-27(14-12-26)19-7-3-4-8-20(19)29/h1-10,29H,11-16H2,(H,25,30). The van der Waals surface area contributed by atoms with Crippen LogP contribution in [0, 0.1) is 0 Å². The third-order valence-corrected chi connectivity index (χ3v) is 5.59. The van der Waals surface area contributed by atoms with Gasteiger partial charge in [0.15, 0.2) is 0 Å². The monoisotopic (exact) mass is 425 g/mol. The highest BCUT2D eigenvalue weighted by atomic mass is 35.5. The summed E-state index contributed by atoms with van der Waals surface area (Å²) in [5.41, 5.74) is 1.78. The summed E-state index contributed by atoms with van der Waals surface area (Å²) in [6.07, 6.45) is 1.66. The van der Waals surface area contributed by atoms with Crippen LogP contribution in [-0.4, -0.2) is 58.4 Å². The molecule has 1 aliphatic heterocycles. The number of piperazine rings is 1. The molecule has 0 spiro atoms. The first-order chi connectivity index (χ1) is 14.6. The average molecular weight is 426 g/mol. The molecule has 0 bridgehead atoms. The lowest BCUT2D eigenvalue weighted by Gasteiger charge is -2.35. The fourth-order valence-electron chi connectivity index (χ4n) is 3.62. The van der Waals surface area contributed by atoms with Gasteiger partial charge in [-0.2, -0.15) is 5.10 Å². The molecule has 8 heteroatoms. The van der Waals surface area contributed by atoms with Gasteiger partial charge in [0.25, 0.3) is 0 Å². The molecule has 2 aromatic carbocycles. The highest BCUT2D eigenvalue weighted by Crippen LogP contribution is 2.27. The van der Waals surface area contributed by atoms with Crippen LogP contribution in [0.25, 0.3) is 0 Å². The van der Waals surface area contributed by atoms with Gasteiger partial charge in [0.05, 0.1) is 25.0 Å². The van der Waals surface area contributed by atoms with E-state index in [1.807, 2.05) is 42.5 Å². The molecule has 1 aromatic heterocycles. The van der Waals surface area contributed by atoms with Crippen LogP contribution in [0.15, 0.2) is 60.8 Å². The number of carbonyl (C=O) groups excluding carboxylic acids is 1. The topological polar surface area (TPSA) is 73.6 Å². The van der Waals surface area contributed by atoms with E-state index in [9.17, 15) is 9.90 Å². The average Bonchev–Trinajstić information content (AvgIpc) is 3.17. The van der Waals surface area contributed by atoms with Gasteiger partial charge in [-0.1, -0.05) is 41.9 Å². The van der Waals surface area contributed by atoms with Crippen LogP contribution in [0.4, 0.5) is 11.5 Å². The van der Waals surface area contributed by atoms with Crippen molar-refractivity contribution in [3.63, 3.8) is 0 Å². The highest BCUT2D eigenvalue weighted by molar-refractivity contribution is 6.31. The molecule has 2 N–H and O–H groups in total. The Labute approximate surface area is 180 Å². The van der Waals surface area contributed by atoms with Gasteiger partial charge >= 0.3 is 0 Å². The number of anilines is 2. The van der Waals surface area contributed by atoms with Crippen LogP contribution in [0.3, 0.4) is 0 Å². The Morgan fingerprint density at radius 1 is 1.03 bits per heavy atom. The SMILES string of the molecule is O=C(CN1CCN(c2ccccc2O)CC1)Nc1ccnn1Cc1ccccc1Cl. The lowest BCUT2D eigenvalue weighted by molar-refractivity contribution is -0.117. The summed E-state index contributed by atoms with van der Waals surface area (Å²) >= 11 is 6.24. The van der Waals surface area contributed by atoms with Crippen molar-refractivity contribution >= 4 is 29.0 Å². The van der Waals surface area contributed by atoms with Gasteiger partial charge in [0.1, 0.15) is 11.6 Å². The minimum atomic E-state index is -0.0769. The summed E-state index contributed by atoms with van der Waals surface area (Å²) < 4.78 is 1.73. The van der Waals surface area contributed by atoms with Crippen molar-refractivity contribution in [2.45, 2.75) is 6.54 Å². The van der Waals surface area contributed by atoms with Gasteiger partial charge in [0.2, 0.25) is 5.91 Å². The van der Waals surface area contributed by atoms with Crippen LogP contribution in [0.2, 0.25) is 5.02 Å². The summed E-state index contributed by atoms with van der Waals surface area (Å²) in [5.74, 6) is 0.857. The number of para-hydroxylation sites is 2. The fourth-order valence-corrected chi connectivity index (χ4v) is 3.81. The predicted octanol–water partition coefficient (Wildman–Crippen LogP) is 3.05. The molecule has 0 radical (unpaired) electrons. The molecule has 1 amide bonds. The Hall–Kier alpha value is -3.03. The smallest absolute Gasteiger partial charge is 0.239 e. The number of nitrogens with zero attached hydrogens (tertiary/aromatic N) is 4. The van der Waals surface area contributed by atoms with Gasteiger partial charge in [-0.3, -0.25) is 9.69 Å². The van der Waals surface area contributed by atoms with E-state index in [1.165, 1.54) is 0 Å². The molecule has 0 saturated carbocycles. The zero-order valence-electron chi connectivity index (χ0n) is 16.5. The van der Waals surface area contributed by atoms with E-state index in [4.69, 9.17) is 11.6 Å². The Bertz CT molecular complexity index is 1010. The first-order valence-corrected chi connectivity index (χ1v) is 10.3. The number of rotatable bonds is 6. The normalized spacial score (nSPS) is 14.6. The molecule has 2 heterocycles. The molecular weight excluding hydrogens is 402 g/mol. The van der Waals surface area contributed by atoms with Crippen LogP contribution in [-0.2, 0) is 11.3 Å². The molecular formula is C22H24ClN5O2. The number of phenolic OH excluding ortho intramolecular Hbond substituents is 1. The van der Waals surface area contributed by atoms with E-state index in [-0.39, 0.29) is 11.7 Å². The van der Waals surface area contributed by atoms with Gasteiger partial charge in [-0.05, 0) is 23.8 Å². The third-order valence-electron chi connectivity index (χ3n) is 5.22. The number of benzene rings is 2. The summed E-state index contributed by atoms with van der Waals surface area (Å²) in [6, 6.07) is 16.7. The Kier molecular flexibility index (Phi) is 6.21. The number of amides is 1. The van der Waals surface area contributed by atoms with E-state index in [1.54, 1.807) is 23.0 Å². The Morgan fingerprint density at radius 3 is 2.53 bits per heavy atom. The number of aromatic nitrogens is 2. The maximum atomic E-state index is 12.6. The van der Waals surface area contributed by atoms with Crippen molar-refractivity contribution < 1.29 is 9.90 Å². The molecule has 1 aliphatic rings. The van der Waals surface area contributed by atoms with Crippen molar-refractivity contribution in [1.29, 1.82) is 0 Å². The van der Waals surface area contributed by atoms with Crippen molar-refractivity contribution in [3.8, 4) is 5.75 Å². The number of hydrogen-bond donors (Lipinski definition) is 2. The number of halogens is 1. The van der Waals surface area contributed by atoms with E-state index in [2.05, 4.69) is 20.2 Å². The maximum absolute atomic E-state index is 12.6. The number of carbonyl (C=O) groups is 1. The molecule has 7 nitrogen and oxygen atoms in total. The zero-order chi connectivity index (χ0) is 20.9. The largest absolute Gasteiger partial charge is 0.506 e. The van der Waals surface area contributed by atoms with E-state index >= 15 is 0 Å². The van der Waals surface area contributed by atoms with E-state index in [0.717, 1.165) is 37.4 Å². The summed E-state index contributed by atoms with van der Waals surface area (Å²) in [4.78, 5) is 16.8.